The number of hydrogen-bond donors (Lipinski definition) is 0. The molecule has 0 aliphatic heterocycles. The normalized spacial score (nSPS) is 10.5. The first-order valence-corrected chi connectivity index (χ1v) is 5.73. The fourth-order valence-corrected chi connectivity index (χ4v) is 1.90. The van der Waals surface area contributed by atoms with Gasteiger partial charge in [0.25, 0.3) is 0 Å². The lowest BCUT2D eigenvalue weighted by Gasteiger charge is -2.07. The van der Waals surface area contributed by atoms with Crippen LogP contribution < -0.4 is 11.5 Å². The Morgan fingerprint density at radius 1 is 0.632 bits per heavy atom. The maximum absolute atomic E-state index is 11.8. The maximum atomic E-state index is 11.8. The fraction of sp³-hybridized carbons (Fsp3) is 0. The van der Waals surface area contributed by atoms with Gasteiger partial charge in [-0.3, -0.25) is 0 Å². The van der Waals surface area contributed by atoms with E-state index in [1.165, 1.54) is 9.36 Å². The van der Waals surface area contributed by atoms with E-state index >= 15 is 0 Å². The molecule has 0 bridgehead atoms. The lowest BCUT2D eigenvalue weighted by molar-refractivity contribution is 0.469. The summed E-state index contributed by atoms with van der Waals surface area (Å²) in [5, 5.41) is 0. The van der Waals surface area contributed by atoms with Gasteiger partial charge in [0.05, 0.1) is 11.4 Å². The lowest BCUT2D eigenvalue weighted by atomic mass is 10.3. The van der Waals surface area contributed by atoms with E-state index < -0.39 is 11.5 Å². The van der Waals surface area contributed by atoms with Crippen LogP contribution in [0.5, 0.6) is 0 Å². The van der Waals surface area contributed by atoms with Gasteiger partial charge >= 0.3 is 11.5 Å². The minimum atomic E-state index is -0.708. The molecule has 0 spiro atoms. The SMILES string of the molecule is O=c1oc(=O)n(-c2ccccc2)n1-c1ccccc1. The predicted octanol–water partition coefficient (Wildman–Crippen LogP) is 1.58. The van der Waals surface area contributed by atoms with Crippen LogP contribution in [-0.4, -0.2) is 9.36 Å². The molecule has 0 amide bonds. The van der Waals surface area contributed by atoms with E-state index in [1.807, 2.05) is 12.1 Å². The third-order valence-electron chi connectivity index (χ3n) is 2.72. The fourth-order valence-electron chi connectivity index (χ4n) is 1.90. The van der Waals surface area contributed by atoms with E-state index in [4.69, 9.17) is 0 Å². The van der Waals surface area contributed by atoms with E-state index in [-0.39, 0.29) is 0 Å². The minimum absolute atomic E-state index is 0.571. The summed E-state index contributed by atoms with van der Waals surface area (Å²) >= 11 is 0. The number of benzene rings is 2. The minimum Gasteiger partial charge on any atom is -0.356 e. The molecule has 94 valence electrons. The molecule has 0 radical (unpaired) electrons. The summed E-state index contributed by atoms with van der Waals surface area (Å²) in [5.74, 6) is -1.42. The number of nitrogens with zero attached hydrogens (tertiary/aromatic N) is 2. The molecule has 0 N–H and O–H groups in total. The molecule has 0 saturated carbocycles. The average molecular weight is 254 g/mol. The third kappa shape index (κ3) is 1.91. The van der Waals surface area contributed by atoms with Gasteiger partial charge in [-0.15, -0.1) is 0 Å². The highest BCUT2D eigenvalue weighted by Crippen LogP contribution is 2.08. The molecule has 0 unspecified atom stereocenters. The van der Waals surface area contributed by atoms with Crippen molar-refractivity contribution in [1.29, 1.82) is 0 Å². The molecular weight excluding hydrogens is 244 g/mol. The summed E-state index contributed by atoms with van der Waals surface area (Å²) in [5.41, 5.74) is 1.14. The van der Waals surface area contributed by atoms with Gasteiger partial charge in [-0.1, -0.05) is 36.4 Å². The van der Waals surface area contributed by atoms with Gasteiger partial charge in [0.1, 0.15) is 0 Å². The van der Waals surface area contributed by atoms with Crippen LogP contribution in [-0.2, 0) is 0 Å². The third-order valence-corrected chi connectivity index (χ3v) is 2.72. The van der Waals surface area contributed by atoms with Crippen LogP contribution in [0.3, 0.4) is 0 Å². The molecule has 3 rings (SSSR count). The molecule has 0 fully saturated rings. The second-order valence-electron chi connectivity index (χ2n) is 3.93. The van der Waals surface area contributed by atoms with Gasteiger partial charge in [-0.2, -0.15) is 9.36 Å². The first kappa shape index (κ1) is 11.3. The second kappa shape index (κ2) is 4.45. The van der Waals surface area contributed by atoms with Crippen molar-refractivity contribution in [2.45, 2.75) is 0 Å². The molecule has 3 aromatic rings. The Morgan fingerprint density at radius 2 is 1.00 bits per heavy atom. The summed E-state index contributed by atoms with van der Waals surface area (Å²) in [6.07, 6.45) is 0. The second-order valence-corrected chi connectivity index (χ2v) is 3.93. The summed E-state index contributed by atoms with van der Waals surface area (Å²) < 4.78 is 7.08. The van der Waals surface area contributed by atoms with E-state index in [9.17, 15) is 9.59 Å². The van der Waals surface area contributed by atoms with E-state index in [1.54, 1.807) is 48.5 Å². The summed E-state index contributed by atoms with van der Waals surface area (Å²) in [4.78, 5) is 23.6. The largest absolute Gasteiger partial charge is 0.443 e. The van der Waals surface area contributed by atoms with Crippen molar-refractivity contribution in [3.05, 3.63) is 81.8 Å². The van der Waals surface area contributed by atoms with Gasteiger partial charge in [-0.25, -0.2) is 9.59 Å². The zero-order valence-corrected chi connectivity index (χ0v) is 9.89. The van der Waals surface area contributed by atoms with Crippen molar-refractivity contribution in [3.63, 3.8) is 0 Å². The van der Waals surface area contributed by atoms with Gasteiger partial charge < -0.3 is 4.42 Å². The Labute approximate surface area is 107 Å². The summed E-state index contributed by atoms with van der Waals surface area (Å²) in [7, 11) is 0. The van der Waals surface area contributed by atoms with Crippen molar-refractivity contribution in [1.82, 2.24) is 9.36 Å². The van der Waals surface area contributed by atoms with Crippen LogP contribution >= 0.6 is 0 Å². The Balaban J connectivity index is 2.33. The van der Waals surface area contributed by atoms with E-state index in [0.29, 0.717) is 11.4 Å². The van der Waals surface area contributed by atoms with Crippen LogP contribution in [0.1, 0.15) is 0 Å². The smallest absolute Gasteiger partial charge is 0.356 e. The lowest BCUT2D eigenvalue weighted by Crippen LogP contribution is -2.23. The Hall–Kier alpha value is -2.82. The summed E-state index contributed by atoms with van der Waals surface area (Å²) in [6.45, 7) is 0. The molecule has 1 aromatic heterocycles. The topological polar surface area (TPSA) is 57.1 Å². The van der Waals surface area contributed by atoms with Crippen LogP contribution in [0.2, 0.25) is 0 Å². The predicted molar refractivity (Wildman–Crippen MR) is 69.9 cm³/mol. The van der Waals surface area contributed by atoms with Gasteiger partial charge in [-0.05, 0) is 24.3 Å². The van der Waals surface area contributed by atoms with Crippen molar-refractivity contribution in [2.24, 2.45) is 0 Å². The molecule has 0 saturated heterocycles. The van der Waals surface area contributed by atoms with Crippen LogP contribution in [0.4, 0.5) is 0 Å². The summed E-state index contributed by atoms with van der Waals surface area (Å²) in [6, 6.07) is 17.7. The number of para-hydroxylation sites is 2. The molecular formula is C14H10N2O3. The van der Waals surface area contributed by atoms with Gasteiger partial charge in [0.2, 0.25) is 0 Å². The van der Waals surface area contributed by atoms with Crippen molar-refractivity contribution < 1.29 is 4.42 Å². The zero-order chi connectivity index (χ0) is 13.2. The molecule has 0 aliphatic rings. The average Bonchev–Trinajstić information content (AvgIpc) is 2.75. The number of rotatable bonds is 2. The monoisotopic (exact) mass is 254 g/mol. The highest BCUT2D eigenvalue weighted by atomic mass is 16.5. The van der Waals surface area contributed by atoms with E-state index in [0.717, 1.165) is 0 Å². The molecule has 0 aliphatic carbocycles. The maximum Gasteiger partial charge on any atom is 0.443 e. The van der Waals surface area contributed by atoms with Crippen molar-refractivity contribution in [2.75, 3.05) is 0 Å². The first-order chi connectivity index (χ1) is 9.27. The van der Waals surface area contributed by atoms with Crippen LogP contribution in [0.25, 0.3) is 11.4 Å². The highest BCUT2D eigenvalue weighted by Gasteiger charge is 2.14. The number of aromatic nitrogens is 2. The number of hydrogen-bond acceptors (Lipinski definition) is 3. The zero-order valence-electron chi connectivity index (χ0n) is 9.89. The molecule has 0 atom stereocenters. The van der Waals surface area contributed by atoms with Crippen molar-refractivity contribution >= 4 is 0 Å². The van der Waals surface area contributed by atoms with Crippen molar-refractivity contribution in [3.8, 4) is 11.4 Å². The van der Waals surface area contributed by atoms with Crippen LogP contribution in [0.15, 0.2) is 74.7 Å². The first-order valence-electron chi connectivity index (χ1n) is 5.73. The quantitative estimate of drug-likeness (QED) is 0.697. The Morgan fingerprint density at radius 3 is 1.37 bits per heavy atom. The molecule has 1 heterocycles. The molecule has 19 heavy (non-hydrogen) atoms. The van der Waals surface area contributed by atoms with Gasteiger partial charge in [0.15, 0.2) is 0 Å². The highest BCUT2D eigenvalue weighted by molar-refractivity contribution is 5.34. The molecule has 2 aromatic carbocycles. The molecule has 5 nitrogen and oxygen atoms in total. The standard InChI is InChI=1S/C14H10N2O3/c17-13-15(11-7-3-1-4-8-11)16(14(18)19-13)12-9-5-2-6-10-12/h1-10H. The van der Waals surface area contributed by atoms with Gasteiger partial charge in [0, 0.05) is 0 Å². The molecule has 5 heteroatoms. The van der Waals surface area contributed by atoms with E-state index in [2.05, 4.69) is 4.42 Å². The Kier molecular flexibility index (Phi) is 2.64. The van der Waals surface area contributed by atoms with Crippen LogP contribution in [0, 0.1) is 0 Å². The Bertz CT molecular complexity index is 730.